The molecule has 0 aliphatic carbocycles. The third-order valence-corrected chi connectivity index (χ3v) is 3.53. The Kier molecular flexibility index (Phi) is 4.75. The smallest absolute Gasteiger partial charge is 0.224 e. The molecule has 0 amide bonds. The topological polar surface area (TPSA) is 86.1 Å². The summed E-state index contributed by atoms with van der Waals surface area (Å²) in [5.41, 5.74) is 2.79. The van der Waals surface area contributed by atoms with E-state index in [0.29, 0.717) is 12.4 Å². The van der Waals surface area contributed by atoms with Crippen LogP contribution in [-0.2, 0) is 4.84 Å². The lowest BCUT2D eigenvalue weighted by atomic mass is 10.1. The maximum atomic E-state index is 9.33. The first-order chi connectivity index (χ1) is 11.3. The lowest BCUT2D eigenvalue weighted by Crippen LogP contribution is -2.24. The van der Waals surface area contributed by atoms with Gasteiger partial charge in [-0.05, 0) is 24.3 Å². The summed E-state index contributed by atoms with van der Waals surface area (Å²) in [6, 6.07) is 17.4. The Labute approximate surface area is 134 Å². The normalized spacial score (nSPS) is 17.8. The monoisotopic (exact) mass is 313 g/mol. The number of hydrogen-bond donors (Lipinski definition) is 4. The summed E-state index contributed by atoms with van der Waals surface area (Å²) in [6.45, 7) is 0.0399. The Morgan fingerprint density at radius 1 is 1.13 bits per heavy atom. The first-order valence-electron chi connectivity index (χ1n) is 7.45. The van der Waals surface area contributed by atoms with Crippen LogP contribution in [0.5, 0.6) is 0 Å². The second-order valence-corrected chi connectivity index (χ2v) is 5.28. The molecule has 6 heteroatoms. The predicted molar refractivity (Wildman–Crippen MR) is 88.0 cm³/mol. The van der Waals surface area contributed by atoms with E-state index in [0.717, 1.165) is 16.8 Å². The molecule has 2 aromatic carbocycles. The molecule has 2 aromatic rings. The van der Waals surface area contributed by atoms with Gasteiger partial charge in [-0.25, -0.2) is 0 Å². The van der Waals surface area contributed by atoms with Crippen LogP contribution in [0.1, 0.15) is 17.4 Å². The zero-order valence-corrected chi connectivity index (χ0v) is 12.5. The van der Waals surface area contributed by atoms with Gasteiger partial charge in [-0.1, -0.05) is 35.5 Å². The maximum absolute atomic E-state index is 9.33. The van der Waals surface area contributed by atoms with Crippen molar-refractivity contribution in [3.63, 3.8) is 0 Å². The second kappa shape index (κ2) is 7.13. The van der Waals surface area contributed by atoms with E-state index in [2.05, 4.69) is 15.8 Å². The molecule has 3 rings (SSSR count). The van der Waals surface area contributed by atoms with E-state index < -0.39 is 6.10 Å². The Morgan fingerprint density at radius 3 is 2.57 bits per heavy atom. The van der Waals surface area contributed by atoms with E-state index >= 15 is 0 Å². The summed E-state index contributed by atoms with van der Waals surface area (Å²) in [5, 5.41) is 28.5. The molecule has 0 radical (unpaired) electrons. The molecule has 1 aliphatic rings. The summed E-state index contributed by atoms with van der Waals surface area (Å²) < 4.78 is 0. The average Bonchev–Trinajstić information content (AvgIpc) is 3.11. The molecule has 1 aliphatic heterocycles. The summed E-state index contributed by atoms with van der Waals surface area (Å²) in [4.78, 5) is 5.43. The van der Waals surface area contributed by atoms with E-state index in [1.165, 1.54) is 0 Å². The van der Waals surface area contributed by atoms with Gasteiger partial charge in [-0.3, -0.25) is 0 Å². The second-order valence-electron chi connectivity index (χ2n) is 5.28. The van der Waals surface area contributed by atoms with Gasteiger partial charge in [0, 0.05) is 23.4 Å². The minimum absolute atomic E-state index is 0.260. The zero-order chi connectivity index (χ0) is 16.1. The molecule has 1 heterocycles. The fraction of sp³-hybridized carbons (Fsp3) is 0.235. The summed E-state index contributed by atoms with van der Waals surface area (Å²) in [7, 11) is 0. The molecule has 23 heavy (non-hydrogen) atoms. The number of nitrogens with one attached hydrogen (secondary N) is 2. The van der Waals surface area contributed by atoms with Gasteiger partial charge in [0.15, 0.2) is 5.84 Å². The number of hydrogen-bond acceptors (Lipinski definition) is 6. The van der Waals surface area contributed by atoms with Crippen molar-refractivity contribution in [3.05, 3.63) is 65.7 Å². The van der Waals surface area contributed by atoms with Crippen molar-refractivity contribution in [2.24, 2.45) is 5.16 Å². The van der Waals surface area contributed by atoms with Crippen molar-refractivity contribution in [3.8, 4) is 0 Å². The molecule has 0 bridgehead atoms. The third-order valence-electron chi connectivity index (χ3n) is 3.53. The van der Waals surface area contributed by atoms with E-state index in [4.69, 9.17) is 9.94 Å². The third kappa shape index (κ3) is 3.80. The van der Waals surface area contributed by atoms with Gasteiger partial charge < -0.3 is 25.7 Å². The highest BCUT2D eigenvalue weighted by molar-refractivity contribution is 5.99. The highest BCUT2D eigenvalue weighted by atomic mass is 16.7. The lowest BCUT2D eigenvalue weighted by molar-refractivity contribution is 0.0729. The molecular weight excluding hydrogens is 294 g/mol. The van der Waals surface area contributed by atoms with E-state index in [9.17, 15) is 5.11 Å². The first kappa shape index (κ1) is 15.3. The number of amidine groups is 1. The van der Waals surface area contributed by atoms with Crippen LogP contribution in [-0.4, -0.2) is 35.3 Å². The zero-order valence-electron chi connectivity index (χ0n) is 12.5. The van der Waals surface area contributed by atoms with Crippen molar-refractivity contribution in [1.82, 2.24) is 5.32 Å². The fourth-order valence-electron chi connectivity index (χ4n) is 2.24. The molecule has 2 unspecified atom stereocenters. The number of aliphatic hydroxyl groups is 2. The lowest BCUT2D eigenvalue weighted by Gasteiger charge is -2.11. The van der Waals surface area contributed by atoms with Crippen LogP contribution in [0.4, 0.5) is 5.69 Å². The molecule has 0 saturated heterocycles. The molecular formula is C17H19N3O3. The Morgan fingerprint density at radius 2 is 1.87 bits per heavy atom. The van der Waals surface area contributed by atoms with Gasteiger partial charge in [0.2, 0.25) is 6.23 Å². The highest BCUT2D eigenvalue weighted by Gasteiger charge is 2.21. The SMILES string of the molecule is OCC(O)CNc1ccc(C2=NOC(c3ccccc3)N2)cc1. The number of rotatable bonds is 6. The average molecular weight is 313 g/mol. The molecule has 4 N–H and O–H groups in total. The van der Waals surface area contributed by atoms with Gasteiger partial charge in [0.1, 0.15) is 0 Å². The van der Waals surface area contributed by atoms with Crippen LogP contribution >= 0.6 is 0 Å². The van der Waals surface area contributed by atoms with Gasteiger partial charge in [-0.15, -0.1) is 0 Å². The minimum atomic E-state index is -0.768. The molecule has 0 fully saturated rings. The fourth-order valence-corrected chi connectivity index (χ4v) is 2.24. The van der Waals surface area contributed by atoms with Crippen LogP contribution in [0.15, 0.2) is 59.8 Å². The summed E-state index contributed by atoms with van der Waals surface area (Å²) in [6.07, 6.45) is -1.04. The Hall–Kier alpha value is -2.57. The number of nitrogens with zero attached hydrogens (tertiary/aromatic N) is 1. The van der Waals surface area contributed by atoms with Gasteiger partial charge in [0.05, 0.1) is 12.7 Å². The van der Waals surface area contributed by atoms with E-state index in [1.54, 1.807) is 0 Å². The van der Waals surface area contributed by atoms with Crippen molar-refractivity contribution in [1.29, 1.82) is 0 Å². The molecule has 120 valence electrons. The molecule has 2 atom stereocenters. The quantitative estimate of drug-likeness (QED) is 0.648. The number of benzene rings is 2. The van der Waals surface area contributed by atoms with Crippen molar-refractivity contribution < 1.29 is 15.1 Å². The first-order valence-corrected chi connectivity index (χ1v) is 7.45. The number of oxime groups is 1. The molecule has 0 spiro atoms. The Bertz CT molecular complexity index is 659. The van der Waals surface area contributed by atoms with Crippen LogP contribution in [0.2, 0.25) is 0 Å². The predicted octanol–water partition coefficient (Wildman–Crippen LogP) is 1.43. The number of anilines is 1. The van der Waals surface area contributed by atoms with Crippen molar-refractivity contribution >= 4 is 11.5 Å². The molecule has 6 nitrogen and oxygen atoms in total. The molecule has 0 aromatic heterocycles. The van der Waals surface area contributed by atoms with Gasteiger partial charge in [0.25, 0.3) is 0 Å². The van der Waals surface area contributed by atoms with Gasteiger partial charge in [-0.2, -0.15) is 0 Å². The van der Waals surface area contributed by atoms with E-state index in [-0.39, 0.29) is 12.8 Å². The van der Waals surface area contributed by atoms with E-state index in [1.807, 2.05) is 54.6 Å². The van der Waals surface area contributed by atoms with Crippen molar-refractivity contribution in [2.75, 3.05) is 18.5 Å². The summed E-state index contributed by atoms with van der Waals surface area (Å²) >= 11 is 0. The van der Waals surface area contributed by atoms with Gasteiger partial charge >= 0.3 is 0 Å². The summed E-state index contributed by atoms with van der Waals surface area (Å²) in [5.74, 6) is 0.681. The van der Waals surface area contributed by atoms with Crippen molar-refractivity contribution in [2.45, 2.75) is 12.3 Å². The minimum Gasteiger partial charge on any atom is -0.394 e. The highest BCUT2D eigenvalue weighted by Crippen LogP contribution is 2.21. The van der Waals surface area contributed by atoms with Crippen LogP contribution in [0.25, 0.3) is 0 Å². The standard InChI is InChI=1S/C17H19N3O3/c21-11-15(22)10-18-14-8-6-12(7-9-14)16-19-17(23-20-16)13-4-2-1-3-5-13/h1-9,15,17-18,21-22H,10-11H2,(H,19,20). The van der Waals surface area contributed by atoms with Crippen LogP contribution in [0.3, 0.4) is 0 Å². The molecule has 0 saturated carbocycles. The number of aliphatic hydroxyl groups excluding tert-OH is 2. The van der Waals surface area contributed by atoms with Crippen LogP contribution in [0, 0.1) is 0 Å². The Balaban J connectivity index is 1.60. The van der Waals surface area contributed by atoms with Crippen LogP contribution < -0.4 is 10.6 Å². The maximum Gasteiger partial charge on any atom is 0.224 e. The largest absolute Gasteiger partial charge is 0.394 e.